The molecule has 3 heterocycles. The molecule has 0 radical (unpaired) electrons. The number of benzene rings is 1. The van der Waals surface area contributed by atoms with E-state index in [0.29, 0.717) is 35.1 Å². The third-order valence-electron chi connectivity index (χ3n) is 6.55. The fourth-order valence-corrected chi connectivity index (χ4v) is 5.30. The first-order chi connectivity index (χ1) is 15.1. The van der Waals surface area contributed by atoms with Gasteiger partial charge >= 0.3 is 0 Å². The van der Waals surface area contributed by atoms with Crippen LogP contribution in [0.1, 0.15) is 47.1 Å². The Morgan fingerprint density at radius 3 is 2.53 bits per heavy atom. The number of aromatic amines is 1. The summed E-state index contributed by atoms with van der Waals surface area (Å²) in [6.07, 6.45) is 4.98. The number of carbonyl (C=O) groups is 1. The Morgan fingerprint density at radius 2 is 1.91 bits per heavy atom. The van der Waals surface area contributed by atoms with Crippen LogP contribution in [-0.4, -0.2) is 51.7 Å². The van der Waals surface area contributed by atoms with Crippen LogP contribution in [0.25, 0.3) is 22.6 Å². The van der Waals surface area contributed by atoms with Gasteiger partial charge in [-0.05, 0) is 68.9 Å². The van der Waals surface area contributed by atoms with Gasteiger partial charge in [-0.25, -0.2) is 13.4 Å². The summed E-state index contributed by atoms with van der Waals surface area (Å²) < 4.78 is 25.3. The van der Waals surface area contributed by atoms with Gasteiger partial charge in [0.1, 0.15) is 5.69 Å². The number of hydrogen-bond acceptors (Lipinski definition) is 6. The zero-order valence-corrected chi connectivity index (χ0v) is 19.3. The van der Waals surface area contributed by atoms with E-state index in [1.54, 1.807) is 12.3 Å². The molecule has 2 aliphatic rings. The lowest BCUT2D eigenvalue weighted by Gasteiger charge is -2.24. The first kappa shape index (κ1) is 20.8. The van der Waals surface area contributed by atoms with Crippen LogP contribution in [0.3, 0.4) is 0 Å². The summed E-state index contributed by atoms with van der Waals surface area (Å²) in [5.41, 5.74) is 4.86. The van der Waals surface area contributed by atoms with Crippen LogP contribution in [-0.2, 0) is 16.4 Å². The minimum Gasteiger partial charge on any atom is -0.341 e. The molecule has 1 N–H and O–H groups in total. The van der Waals surface area contributed by atoms with Crippen molar-refractivity contribution in [2.45, 2.75) is 51.1 Å². The maximum Gasteiger partial charge on any atom is 0.256 e. The third kappa shape index (κ3) is 3.50. The highest BCUT2D eigenvalue weighted by molar-refractivity contribution is 7.90. The molecule has 1 fully saturated rings. The number of nitrogens with one attached hydrogen (secondary N) is 1. The summed E-state index contributed by atoms with van der Waals surface area (Å²) in [6, 6.07) is 5.42. The maximum absolute atomic E-state index is 13.2. The van der Waals surface area contributed by atoms with E-state index in [4.69, 9.17) is 0 Å². The van der Waals surface area contributed by atoms with Crippen molar-refractivity contribution in [3.8, 4) is 22.6 Å². The average molecular weight is 452 g/mol. The zero-order chi connectivity index (χ0) is 22.8. The van der Waals surface area contributed by atoms with Crippen molar-refractivity contribution in [1.29, 1.82) is 0 Å². The maximum atomic E-state index is 13.2. The van der Waals surface area contributed by atoms with Crippen LogP contribution < -0.4 is 0 Å². The lowest BCUT2D eigenvalue weighted by atomic mass is 10.0. The van der Waals surface area contributed by atoms with Gasteiger partial charge in [-0.1, -0.05) is 0 Å². The molecule has 1 aliphatic heterocycles. The number of hydrogen-bond donors (Lipinski definition) is 1. The van der Waals surface area contributed by atoms with Gasteiger partial charge in [0.2, 0.25) is 0 Å². The fourth-order valence-electron chi connectivity index (χ4n) is 4.37. The van der Waals surface area contributed by atoms with Crippen LogP contribution in [0.5, 0.6) is 0 Å². The first-order valence-electron chi connectivity index (χ1n) is 10.7. The Balaban J connectivity index is 1.61. The molecular formula is C23H25N5O3S. The van der Waals surface area contributed by atoms with Gasteiger partial charge in [0, 0.05) is 30.1 Å². The lowest BCUT2D eigenvalue weighted by molar-refractivity contribution is 0.0694. The zero-order valence-electron chi connectivity index (χ0n) is 18.5. The summed E-state index contributed by atoms with van der Waals surface area (Å²) in [6.45, 7) is 6.32. The van der Waals surface area contributed by atoms with E-state index < -0.39 is 9.84 Å². The molecule has 1 atom stereocenters. The van der Waals surface area contributed by atoms with E-state index in [9.17, 15) is 13.2 Å². The van der Waals surface area contributed by atoms with Gasteiger partial charge < -0.3 is 9.88 Å². The van der Waals surface area contributed by atoms with E-state index in [1.807, 2.05) is 30.9 Å². The summed E-state index contributed by atoms with van der Waals surface area (Å²) in [5.74, 6) is 0.918. The van der Waals surface area contributed by atoms with E-state index >= 15 is 0 Å². The standard InChI is InChI=1S/C23H25N5O3S/c1-12-13(2)26-22(25-12)19-8-17(10-24-27-19)16-7-18-11-28(14(3)15-5-6-15)23(29)21(18)20(9-16)32(4,30)31/h7-10,14-15H,5-6,11H2,1-4H3,(H,25,26)/t14-/m0/s1. The lowest BCUT2D eigenvalue weighted by Crippen LogP contribution is -2.35. The summed E-state index contributed by atoms with van der Waals surface area (Å²) in [7, 11) is -3.61. The number of amides is 1. The van der Waals surface area contributed by atoms with Crippen LogP contribution in [0.4, 0.5) is 0 Å². The second-order valence-electron chi connectivity index (χ2n) is 8.92. The topological polar surface area (TPSA) is 109 Å². The van der Waals surface area contributed by atoms with Crippen molar-refractivity contribution in [1.82, 2.24) is 25.1 Å². The molecule has 0 unspecified atom stereocenters. The van der Waals surface area contributed by atoms with Gasteiger partial charge in [-0.2, -0.15) is 5.10 Å². The van der Waals surface area contributed by atoms with E-state index in [-0.39, 0.29) is 16.8 Å². The van der Waals surface area contributed by atoms with E-state index in [0.717, 1.165) is 41.6 Å². The van der Waals surface area contributed by atoms with Crippen molar-refractivity contribution < 1.29 is 13.2 Å². The van der Waals surface area contributed by atoms with Crippen molar-refractivity contribution in [2.24, 2.45) is 5.92 Å². The molecule has 32 heavy (non-hydrogen) atoms. The minimum absolute atomic E-state index is 0.0727. The number of fused-ring (bicyclic) bond motifs is 1. The number of aromatic nitrogens is 4. The molecule has 1 amide bonds. The normalized spacial score (nSPS) is 17.0. The summed E-state index contributed by atoms with van der Waals surface area (Å²) >= 11 is 0. The molecular weight excluding hydrogens is 426 g/mol. The molecule has 0 bridgehead atoms. The third-order valence-corrected chi connectivity index (χ3v) is 7.67. The molecule has 0 saturated heterocycles. The summed E-state index contributed by atoms with van der Waals surface area (Å²) in [4.78, 5) is 22.8. The van der Waals surface area contributed by atoms with E-state index in [1.165, 1.54) is 0 Å². The number of sulfone groups is 1. The highest BCUT2D eigenvalue weighted by atomic mass is 32.2. The highest BCUT2D eigenvalue weighted by Gasteiger charge is 2.40. The van der Waals surface area contributed by atoms with Gasteiger partial charge in [-0.15, -0.1) is 5.10 Å². The molecule has 9 heteroatoms. The number of H-pyrrole nitrogens is 1. The molecule has 5 rings (SSSR count). The van der Waals surface area contributed by atoms with Crippen molar-refractivity contribution >= 4 is 15.7 Å². The molecule has 1 aliphatic carbocycles. The van der Waals surface area contributed by atoms with Crippen molar-refractivity contribution in [3.63, 3.8) is 0 Å². The van der Waals surface area contributed by atoms with Crippen LogP contribution >= 0.6 is 0 Å². The number of imidazole rings is 1. The Kier molecular flexibility index (Phi) is 4.70. The predicted molar refractivity (Wildman–Crippen MR) is 120 cm³/mol. The predicted octanol–water partition coefficient (Wildman–Crippen LogP) is 3.31. The number of carbonyl (C=O) groups excluding carboxylic acids is 1. The molecule has 1 saturated carbocycles. The highest BCUT2D eigenvalue weighted by Crippen LogP contribution is 2.40. The van der Waals surface area contributed by atoms with Crippen LogP contribution in [0.2, 0.25) is 0 Å². The first-order valence-corrected chi connectivity index (χ1v) is 12.6. The van der Waals surface area contributed by atoms with Gasteiger partial charge in [0.15, 0.2) is 15.7 Å². The van der Waals surface area contributed by atoms with Crippen LogP contribution in [0.15, 0.2) is 29.3 Å². The Bertz CT molecular complexity index is 1340. The van der Waals surface area contributed by atoms with Crippen molar-refractivity contribution in [3.05, 3.63) is 46.9 Å². The van der Waals surface area contributed by atoms with E-state index in [2.05, 4.69) is 27.1 Å². The minimum atomic E-state index is -3.61. The smallest absolute Gasteiger partial charge is 0.256 e. The second kappa shape index (κ2) is 7.23. The number of aryl methyl sites for hydroxylation is 2. The number of nitrogens with zero attached hydrogens (tertiary/aromatic N) is 4. The molecule has 8 nitrogen and oxygen atoms in total. The molecule has 166 valence electrons. The fraction of sp³-hybridized carbons (Fsp3) is 0.391. The summed E-state index contributed by atoms with van der Waals surface area (Å²) in [5, 5.41) is 8.30. The SMILES string of the molecule is Cc1nc(-c2cc(-c3cc4c(c(S(C)(=O)=O)c3)C(=O)N([C@@H](C)C3CC3)C4)cnn2)[nH]c1C. The Morgan fingerprint density at radius 1 is 1.16 bits per heavy atom. The molecule has 2 aromatic heterocycles. The second-order valence-corrected chi connectivity index (χ2v) is 10.9. The van der Waals surface area contributed by atoms with Gasteiger partial charge in [0.25, 0.3) is 5.91 Å². The largest absolute Gasteiger partial charge is 0.341 e. The van der Waals surface area contributed by atoms with Crippen LogP contribution in [0, 0.1) is 19.8 Å². The number of rotatable bonds is 5. The van der Waals surface area contributed by atoms with Crippen molar-refractivity contribution in [2.75, 3.05) is 6.26 Å². The quantitative estimate of drug-likeness (QED) is 0.637. The van der Waals surface area contributed by atoms with Gasteiger partial charge in [0.05, 0.1) is 22.3 Å². The molecule has 0 spiro atoms. The molecule has 3 aromatic rings. The Labute approximate surface area is 187 Å². The molecule has 1 aromatic carbocycles. The van der Waals surface area contributed by atoms with Gasteiger partial charge in [-0.3, -0.25) is 4.79 Å². The average Bonchev–Trinajstić information content (AvgIpc) is 3.48. The Hall–Kier alpha value is -3.07. The monoisotopic (exact) mass is 451 g/mol.